The zero-order chi connectivity index (χ0) is 13.7. The molecule has 0 saturated carbocycles. The predicted molar refractivity (Wildman–Crippen MR) is 72.0 cm³/mol. The van der Waals surface area contributed by atoms with Gasteiger partial charge in [-0.2, -0.15) is 10.4 Å². The van der Waals surface area contributed by atoms with E-state index < -0.39 is 0 Å². The maximum Gasteiger partial charge on any atom is 0.154 e. The van der Waals surface area contributed by atoms with E-state index in [0.29, 0.717) is 26.1 Å². The average Bonchev–Trinajstić information content (AvgIpc) is 2.79. The van der Waals surface area contributed by atoms with E-state index in [1.54, 1.807) is 13.3 Å². The fraction of sp³-hybridized carbons (Fsp3) is 0.462. The van der Waals surface area contributed by atoms with Gasteiger partial charge >= 0.3 is 0 Å². The number of anilines is 1. The molecule has 6 nitrogen and oxygen atoms in total. The van der Waals surface area contributed by atoms with Gasteiger partial charge in [-0.3, -0.25) is 0 Å². The summed E-state index contributed by atoms with van der Waals surface area (Å²) in [5.41, 5.74) is 1.90. The predicted octanol–water partition coefficient (Wildman–Crippen LogP) is 1.40. The molecule has 0 amide bonds. The van der Waals surface area contributed by atoms with Crippen LogP contribution in [0.2, 0.25) is 0 Å². The third-order valence-electron chi connectivity index (χ3n) is 2.85. The van der Waals surface area contributed by atoms with Crippen molar-refractivity contribution in [2.24, 2.45) is 0 Å². The zero-order valence-electron chi connectivity index (χ0n) is 11.2. The second kappa shape index (κ2) is 6.16. The lowest BCUT2D eigenvalue weighted by Gasteiger charge is -2.22. The molecule has 100 valence electrons. The summed E-state index contributed by atoms with van der Waals surface area (Å²) in [5.74, 6) is 0.843. The molecule has 0 saturated heterocycles. The molecule has 0 unspecified atom stereocenters. The molecule has 0 aliphatic rings. The lowest BCUT2D eigenvalue weighted by Crippen LogP contribution is -2.29. The van der Waals surface area contributed by atoms with Crippen LogP contribution in [0.3, 0.4) is 0 Å². The third kappa shape index (κ3) is 3.01. The summed E-state index contributed by atoms with van der Waals surface area (Å²) in [6, 6.07) is 4.16. The second-order valence-electron chi connectivity index (χ2n) is 4.25. The number of nitrogens with zero attached hydrogens (tertiary/aromatic N) is 5. The van der Waals surface area contributed by atoms with Crippen LogP contribution in [0, 0.1) is 18.3 Å². The molecule has 0 aliphatic carbocycles. The highest BCUT2D eigenvalue weighted by molar-refractivity contribution is 5.69. The van der Waals surface area contributed by atoms with Crippen molar-refractivity contribution in [2.75, 3.05) is 31.7 Å². The van der Waals surface area contributed by atoms with Crippen LogP contribution in [0.15, 0.2) is 18.5 Å². The Bertz CT molecular complexity index is 586. The molecule has 6 heteroatoms. The van der Waals surface area contributed by atoms with Crippen LogP contribution in [-0.4, -0.2) is 41.4 Å². The van der Waals surface area contributed by atoms with E-state index in [1.165, 1.54) is 0 Å². The molecule has 2 heterocycles. The van der Waals surface area contributed by atoms with Crippen LogP contribution in [-0.2, 0) is 4.74 Å². The molecular weight excluding hydrogens is 242 g/mol. The largest absolute Gasteiger partial charge is 0.383 e. The topological polar surface area (TPSA) is 66.5 Å². The summed E-state index contributed by atoms with van der Waals surface area (Å²) in [5, 5.41) is 13.1. The summed E-state index contributed by atoms with van der Waals surface area (Å²) in [6.07, 6.45) is 4.01. The summed E-state index contributed by atoms with van der Waals surface area (Å²) in [7, 11) is 1.67. The Balaban J connectivity index is 2.34. The molecule has 2 aromatic rings. The Kier molecular flexibility index (Phi) is 4.31. The molecule has 0 aliphatic heterocycles. The monoisotopic (exact) mass is 259 g/mol. The number of fused-ring (bicyclic) bond motifs is 1. The van der Waals surface area contributed by atoms with Gasteiger partial charge in [-0.25, -0.2) is 9.50 Å². The van der Waals surface area contributed by atoms with Crippen molar-refractivity contribution < 1.29 is 4.74 Å². The van der Waals surface area contributed by atoms with Crippen molar-refractivity contribution in [1.29, 1.82) is 5.26 Å². The van der Waals surface area contributed by atoms with Gasteiger partial charge < -0.3 is 9.64 Å². The van der Waals surface area contributed by atoms with Crippen molar-refractivity contribution in [3.8, 4) is 6.07 Å². The molecule has 0 fully saturated rings. The smallest absolute Gasteiger partial charge is 0.154 e. The molecule has 0 bridgehead atoms. The second-order valence-corrected chi connectivity index (χ2v) is 4.25. The standard InChI is InChI=1S/C13H17N5O/c1-11-10-12-13(15-5-7-18(12)16-11)17(6-3-4-14)8-9-19-2/h5,7,10H,3,6,8-9H2,1-2H3. The first-order valence-electron chi connectivity index (χ1n) is 6.18. The number of aromatic nitrogens is 3. The zero-order valence-corrected chi connectivity index (χ0v) is 11.2. The van der Waals surface area contributed by atoms with Crippen molar-refractivity contribution in [3.63, 3.8) is 0 Å². The van der Waals surface area contributed by atoms with Gasteiger partial charge in [0.1, 0.15) is 5.52 Å². The fourth-order valence-electron chi connectivity index (χ4n) is 1.98. The molecule has 2 aromatic heterocycles. The minimum atomic E-state index is 0.458. The van der Waals surface area contributed by atoms with Crippen LogP contribution >= 0.6 is 0 Å². The molecule has 0 aromatic carbocycles. The van der Waals surface area contributed by atoms with Crippen molar-refractivity contribution >= 4 is 11.3 Å². The first-order chi connectivity index (χ1) is 9.26. The third-order valence-corrected chi connectivity index (χ3v) is 2.85. The highest BCUT2D eigenvalue weighted by Gasteiger charge is 2.13. The van der Waals surface area contributed by atoms with E-state index in [0.717, 1.165) is 17.0 Å². The number of aryl methyl sites for hydroxylation is 1. The van der Waals surface area contributed by atoms with E-state index in [1.807, 2.05) is 23.7 Å². The lowest BCUT2D eigenvalue weighted by atomic mass is 10.3. The lowest BCUT2D eigenvalue weighted by molar-refractivity contribution is 0.205. The Morgan fingerprint density at radius 3 is 3.05 bits per heavy atom. The van der Waals surface area contributed by atoms with Gasteiger partial charge in [0.2, 0.25) is 0 Å². The molecule has 19 heavy (non-hydrogen) atoms. The molecule has 2 rings (SSSR count). The number of ether oxygens (including phenoxy) is 1. The first kappa shape index (κ1) is 13.3. The van der Waals surface area contributed by atoms with Gasteiger partial charge in [-0.1, -0.05) is 0 Å². The van der Waals surface area contributed by atoms with E-state index in [9.17, 15) is 0 Å². The first-order valence-corrected chi connectivity index (χ1v) is 6.18. The number of nitriles is 1. The molecule has 0 N–H and O–H groups in total. The average molecular weight is 259 g/mol. The normalized spacial score (nSPS) is 10.6. The van der Waals surface area contributed by atoms with Crippen LogP contribution < -0.4 is 4.90 Å². The summed E-state index contributed by atoms with van der Waals surface area (Å²) < 4.78 is 6.93. The fourth-order valence-corrected chi connectivity index (χ4v) is 1.98. The maximum absolute atomic E-state index is 8.76. The van der Waals surface area contributed by atoms with Gasteiger partial charge in [0.05, 0.1) is 24.8 Å². The van der Waals surface area contributed by atoms with Gasteiger partial charge in [0, 0.05) is 32.6 Å². The number of hydrogen-bond acceptors (Lipinski definition) is 5. The number of methoxy groups -OCH3 is 1. The summed E-state index contributed by atoms with van der Waals surface area (Å²) >= 11 is 0. The highest BCUT2D eigenvalue weighted by Crippen LogP contribution is 2.19. The van der Waals surface area contributed by atoms with Gasteiger partial charge in [0.15, 0.2) is 5.82 Å². The van der Waals surface area contributed by atoms with E-state index in [-0.39, 0.29) is 0 Å². The quantitative estimate of drug-likeness (QED) is 0.784. The van der Waals surface area contributed by atoms with E-state index in [2.05, 4.69) is 21.1 Å². The molecule has 0 radical (unpaired) electrons. The van der Waals surface area contributed by atoms with Crippen molar-refractivity contribution in [1.82, 2.24) is 14.6 Å². The Morgan fingerprint density at radius 1 is 1.47 bits per heavy atom. The maximum atomic E-state index is 8.76. The Labute approximate surface area is 112 Å². The molecular formula is C13H17N5O. The van der Waals surface area contributed by atoms with E-state index >= 15 is 0 Å². The Morgan fingerprint density at radius 2 is 2.32 bits per heavy atom. The van der Waals surface area contributed by atoms with Crippen LogP contribution in [0.4, 0.5) is 5.82 Å². The van der Waals surface area contributed by atoms with Gasteiger partial charge in [-0.15, -0.1) is 0 Å². The van der Waals surface area contributed by atoms with Crippen LogP contribution in [0.1, 0.15) is 12.1 Å². The number of hydrogen-bond donors (Lipinski definition) is 0. The minimum Gasteiger partial charge on any atom is -0.383 e. The van der Waals surface area contributed by atoms with Crippen molar-refractivity contribution in [2.45, 2.75) is 13.3 Å². The minimum absolute atomic E-state index is 0.458. The SMILES string of the molecule is COCCN(CCC#N)c1nccn2nc(C)cc12. The molecule has 0 spiro atoms. The molecule has 0 atom stereocenters. The number of rotatable bonds is 6. The van der Waals surface area contributed by atoms with E-state index in [4.69, 9.17) is 10.00 Å². The van der Waals surface area contributed by atoms with Crippen molar-refractivity contribution in [3.05, 3.63) is 24.2 Å². The highest BCUT2D eigenvalue weighted by atomic mass is 16.5. The van der Waals surface area contributed by atoms with Gasteiger partial charge in [-0.05, 0) is 13.0 Å². The summed E-state index contributed by atoms with van der Waals surface area (Å²) in [6.45, 7) is 3.89. The van der Waals surface area contributed by atoms with Crippen LogP contribution in [0.25, 0.3) is 5.52 Å². The van der Waals surface area contributed by atoms with Gasteiger partial charge in [0.25, 0.3) is 0 Å². The van der Waals surface area contributed by atoms with Crippen LogP contribution in [0.5, 0.6) is 0 Å². The summed E-state index contributed by atoms with van der Waals surface area (Å²) in [4.78, 5) is 6.49. The Hall–Kier alpha value is -2.13.